The molecule has 6 rings (SSSR count). The molecule has 8 nitrogen and oxygen atoms in total. The number of hydrogen-bond acceptors (Lipinski definition) is 5. The number of benzene rings is 2. The van der Waals surface area contributed by atoms with Crippen LogP contribution >= 0.6 is 0 Å². The van der Waals surface area contributed by atoms with E-state index in [1.807, 2.05) is 73.7 Å². The molecule has 38 heavy (non-hydrogen) atoms. The fourth-order valence-electron chi connectivity index (χ4n) is 6.85. The Morgan fingerprint density at radius 2 is 1.68 bits per heavy atom. The lowest BCUT2D eigenvalue weighted by molar-refractivity contribution is -0.148. The maximum atomic E-state index is 14.5. The van der Waals surface area contributed by atoms with Crippen molar-refractivity contribution in [3.05, 3.63) is 66.8 Å². The molecule has 0 saturated carbocycles. The average Bonchev–Trinajstić information content (AvgIpc) is 3.18. The number of carbonyl (C=O) groups is 3. The maximum Gasteiger partial charge on any atom is 0.253 e. The minimum atomic E-state index is -1.27. The highest BCUT2D eigenvalue weighted by atomic mass is 16.5. The molecule has 2 aromatic rings. The fraction of sp³-hybridized carbons (Fsp3) is 0.433. The van der Waals surface area contributed by atoms with Gasteiger partial charge in [0.25, 0.3) is 5.91 Å². The summed E-state index contributed by atoms with van der Waals surface area (Å²) >= 11 is 0. The number of unbranched alkanes of at least 4 members (excludes halogenated alkanes) is 1. The van der Waals surface area contributed by atoms with Crippen LogP contribution in [0.4, 0.5) is 5.69 Å². The number of likely N-dealkylation sites (N-methyl/N-ethyl adjacent to an activating group) is 1. The first-order chi connectivity index (χ1) is 18.3. The van der Waals surface area contributed by atoms with E-state index in [1.54, 1.807) is 21.7 Å². The molecule has 4 heterocycles. The first-order valence-corrected chi connectivity index (χ1v) is 13.3. The second-order valence-electron chi connectivity index (χ2n) is 11.0. The number of aliphatic hydroxyl groups is 1. The van der Waals surface area contributed by atoms with Crippen molar-refractivity contribution in [2.45, 2.75) is 37.0 Å². The summed E-state index contributed by atoms with van der Waals surface area (Å²) < 4.78 is 6.80. The highest BCUT2D eigenvalue weighted by Gasteiger charge is 2.74. The van der Waals surface area contributed by atoms with E-state index < -0.39 is 29.1 Å². The van der Waals surface area contributed by atoms with Crippen LogP contribution in [0.25, 0.3) is 10.8 Å². The molecule has 198 valence electrons. The molecule has 1 N–H and O–H groups in total. The van der Waals surface area contributed by atoms with Gasteiger partial charge in [-0.3, -0.25) is 14.4 Å². The zero-order valence-corrected chi connectivity index (χ0v) is 21.7. The molecule has 1 spiro atoms. The van der Waals surface area contributed by atoms with Crippen LogP contribution in [-0.2, 0) is 19.1 Å². The van der Waals surface area contributed by atoms with Gasteiger partial charge in [0.05, 0.1) is 17.4 Å². The average molecular weight is 516 g/mol. The molecule has 8 heteroatoms. The Morgan fingerprint density at radius 1 is 0.921 bits per heavy atom. The molecule has 4 aliphatic heterocycles. The van der Waals surface area contributed by atoms with Gasteiger partial charge >= 0.3 is 0 Å². The number of hydrogen-bond donors (Lipinski definition) is 1. The lowest BCUT2D eigenvalue weighted by Gasteiger charge is -2.37. The van der Waals surface area contributed by atoms with Crippen molar-refractivity contribution < 1.29 is 24.2 Å². The SMILES string of the molecule is CN1CC=C[C@@]2(C)O[C@]34C=CCN(c5ccc6ccccc6c5)C(=O)C3N(CCCCO)C(=O)[C@@H]4[C@H]2C1=O. The van der Waals surface area contributed by atoms with Crippen molar-refractivity contribution in [3.63, 3.8) is 0 Å². The van der Waals surface area contributed by atoms with Crippen LogP contribution in [0.2, 0.25) is 0 Å². The molecule has 0 aromatic heterocycles. The third kappa shape index (κ3) is 3.54. The zero-order chi connectivity index (χ0) is 26.7. The first kappa shape index (κ1) is 24.8. The fourth-order valence-corrected chi connectivity index (χ4v) is 6.85. The number of aliphatic hydroxyl groups excluding tert-OH is 1. The van der Waals surface area contributed by atoms with E-state index in [1.165, 1.54) is 0 Å². The third-order valence-corrected chi connectivity index (χ3v) is 8.61. The van der Waals surface area contributed by atoms with Gasteiger partial charge in [-0.1, -0.05) is 54.6 Å². The Hall–Kier alpha value is -3.49. The van der Waals surface area contributed by atoms with Crippen LogP contribution in [-0.4, -0.2) is 83.2 Å². The van der Waals surface area contributed by atoms with E-state index in [0.29, 0.717) is 32.5 Å². The Labute approximate surface area is 222 Å². The molecule has 3 amide bonds. The number of amides is 3. The standard InChI is InChI=1S/C30H33N3O5/c1-29-13-7-15-31(2)26(35)23(29)24-27(36)33(16-5-6-18-34)25-28(37)32(17-8-14-30(24,25)38-29)22-12-11-20-9-3-4-10-21(20)19-22/h3-4,7-14,19,23-25,34H,5-6,15-18H2,1-2H3/t23-,24-,25?,29+,30-/m0/s1. The lowest BCUT2D eigenvalue weighted by Crippen LogP contribution is -2.56. The summed E-state index contributed by atoms with van der Waals surface area (Å²) in [7, 11) is 1.73. The number of nitrogens with zero attached hydrogens (tertiary/aromatic N) is 3. The number of carbonyl (C=O) groups excluding carboxylic acids is 3. The van der Waals surface area contributed by atoms with E-state index in [4.69, 9.17) is 4.74 Å². The summed E-state index contributed by atoms with van der Waals surface area (Å²) in [6.07, 6.45) is 8.61. The van der Waals surface area contributed by atoms with Gasteiger partial charge in [-0.05, 0) is 42.7 Å². The molecule has 4 aliphatic rings. The highest BCUT2D eigenvalue weighted by molar-refractivity contribution is 6.06. The number of fused-ring (bicyclic) bond motifs is 3. The van der Waals surface area contributed by atoms with Gasteiger partial charge in [0, 0.05) is 39.0 Å². The number of anilines is 1. The number of rotatable bonds is 5. The Morgan fingerprint density at radius 3 is 2.47 bits per heavy atom. The summed E-state index contributed by atoms with van der Waals surface area (Å²) in [6, 6.07) is 13.0. The highest BCUT2D eigenvalue weighted by Crippen LogP contribution is 2.57. The molecule has 1 unspecified atom stereocenters. The number of ether oxygens (including phenoxy) is 1. The molecule has 0 radical (unpaired) electrons. The van der Waals surface area contributed by atoms with Gasteiger partial charge < -0.3 is 24.5 Å². The molecule has 2 fully saturated rings. The molecule has 2 aromatic carbocycles. The smallest absolute Gasteiger partial charge is 0.253 e. The van der Waals surface area contributed by atoms with Crippen molar-refractivity contribution in [2.24, 2.45) is 11.8 Å². The third-order valence-electron chi connectivity index (χ3n) is 8.61. The van der Waals surface area contributed by atoms with E-state index in [-0.39, 0.29) is 24.3 Å². The lowest BCUT2D eigenvalue weighted by atomic mass is 9.74. The van der Waals surface area contributed by atoms with Crippen molar-refractivity contribution >= 4 is 34.2 Å². The van der Waals surface area contributed by atoms with E-state index >= 15 is 0 Å². The van der Waals surface area contributed by atoms with Crippen molar-refractivity contribution in [2.75, 3.05) is 38.2 Å². The van der Waals surface area contributed by atoms with Crippen LogP contribution < -0.4 is 4.90 Å². The summed E-state index contributed by atoms with van der Waals surface area (Å²) in [5.41, 5.74) is -1.53. The molecular weight excluding hydrogens is 482 g/mol. The van der Waals surface area contributed by atoms with Crippen molar-refractivity contribution in [1.82, 2.24) is 9.80 Å². The van der Waals surface area contributed by atoms with Gasteiger partial charge in [-0.15, -0.1) is 0 Å². The predicted octanol–water partition coefficient (Wildman–Crippen LogP) is 2.51. The van der Waals surface area contributed by atoms with E-state index in [0.717, 1.165) is 16.5 Å². The summed E-state index contributed by atoms with van der Waals surface area (Å²) in [5.74, 6) is -2.18. The van der Waals surface area contributed by atoms with Crippen LogP contribution in [0.5, 0.6) is 0 Å². The molecule has 0 aliphatic carbocycles. The topological polar surface area (TPSA) is 90.4 Å². The predicted molar refractivity (Wildman–Crippen MR) is 143 cm³/mol. The molecule has 2 saturated heterocycles. The second kappa shape index (κ2) is 9.06. The molecular formula is C30H33N3O5. The summed E-state index contributed by atoms with van der Waals surface area (Å²) in [6.45, 7) is 2.93. The maximum absolute atomic E-state index is 14.5. The van der Waals surface area contributed by atoms with Gasteiger partial charge in [0.15, 0.2) is 0 Å². The van der Waals surface area contributed by atoms with Crippen molar-refractivity contribution in [3.8, 4) is 0 Å². The minimum absolute atomic E-state index is 0.00358. The van der Waals surface area contributed by atoms with E-state index in [2.05, 4.69) is 0 Å². The van der Waals surface area contributed by atoms with Crippen LogP contribution in [0, 0.1) is 11.8 Å². The Kier molecular flexibility index (Phi) is 5.92. The quantitative estimate of drug-likeness (QED) is 0.488. The zero-order valence-electron chi connectivity index (χ0n) is 21.7. The van der Waals surface area contributed by atoms with Crippen LogP contribution in [0.15, 0.2) is 66.8 Å². The summed E-state index contributed by atoms with van der Waals surface area (Å²) in [4.78, 5) is 47.2. The second-order valence-corrected chi connectivity index (χ2v) is 11.0. The van der Waals surface area contributed by atoms with Crippen LogP contribution in [0.3, 0.4) is 0 Å². The normalized spacial score (nSPS) is 32.4. The Balaban J connectivity index is 1.46. The number of likely N-dealkylation sites (tertiary alicyclic amines) is 1. The summed E-state index contributed by atoms with van der Waals surface area (Å²) in [5, 5.41) is 11.5. The van der Waals surface area contributed by atoms with Gasteiger partial charge in [0.1, 0.15) is 11.6 Å². The minimum Gasteiger partial charge on any atom is -0.396 e. The largest absolute Gasteiger partial charge is 0.396 e. The first-order valence-electron chi connectivity index (χ1n) is 13.3. The van der Waals surface area contributed by atoms with Crippen molar-refractivity contribution in [1.29, 1.82) is 0 Å². The van der Waals surface area contributed by atoms with Crippen LogP contribution in [0.1, 0.15) is 19.8 Å². The Bertz CT molecular complexity index is 1370. The van der Waals surface area contributed by atoms with E-state index in [9.17, 15) is 19.5 Å². The van der Waals surface area contributed by atoms with Gasteiger partial charge in [-0.2, -0.15) is 0 Å². The molecule has 0 bridgehead atoms. The van der Waals surface area contributed by atoms with Gasteiger partial charge in [0.2, 0.25) is 11.8 Å². The monoisotopic (exact) mass is 515 g/mol. The molecule has 5 atom stereocenters. The van der Waals surface area contributed by atoms with Gasteiger partial charge in [-0.25, -0.2) is 0 Å².